The van der Waals surface area contributed by atoms with E-state index in [1.807, 2.05) is 12.1 Å². The number of halogens is 1. The van der Waals surface area contributed by atoms with Gasteiger partial charge in [0.25, 0.3) is 5.91 Å². The second-order valence-corrected chi connectivity index (χ2v) is 8.27. The molecule has 0 unspecified atom stereocenters. The number of aromatic nitrogens is 2. The fraction of sp³-hybridized carbons (Fsp3) is 0.318. The molecule has 0 bridgehead atoms. The van der Waals surface area contributed by atoms with Crippen LogP contribution < -0.4 is 4.74 Å². The van der Waals surface area contributed by atoms with Crippen molar-refractivity contribution in [3.8, 4) is 17.2 Å². The number of amides is 1. The third-order valence-corrected chi connectivity index (χ3v) is 4.81. The molecule has 2 aromatic carbocycles. The summed E-state index contributed by atoms with van der Waals surface area (Å²) in [5, 5.41) is 8.64. The van der Waals surface area contributed by atoms with Crippen molar-refractivity contribution in [2.24, 2.45) is 0 Å². The molecule has 0 aliphatic carbocycles. The lowest BCUT2D eigenvalue weighted by molar-refractivity contribution is 0.0769. The van der Waals surface area contributed by atoms with E-state index in [9.17, 15) is 4.79 Å². The Labute approximate surface area is 175 Å². The lowest BCUT2D eigenvalue weighted by Gasteiger charge is -2.18. The van der Waals surface area contributed by atoms with E-state index < -0.39 is 0 Å². The Morgan fingerprint density at radius 3 is 2.45 bits per heavy atom. The van der Waals surface area contributed by atoms with E-state index >= 15 is 0 Å². The molecule has 0 saturated carbocycles. The summed E-state index contributed by atoms with van der Waals surface area (Å²) < 4.78 is 11.0. The second kappa shape index (κ2) is 8.25. The molecule has 0 fully saturated rings. The highest BCUT2D eigenvalue weighted by Gasteiger charge is 2.20. The first-order chi connectivity index (χ1) is 13.7. The fourth-order valence-electron chi connectivity index (χ4n) is 2.87. The standard InChI is InChI=1S/C22H24ClN3O3/c1-22(2,3)15-8-6-14(7-9-15)20-25-24-19(29-20)13-26(4)21(27)17-12-16(23)10-11-18(17)28-5/h6-12H,13H2,1-5H3. The zero-order valence-electron chi connectivity index (χ0n) is 17.2. The summed E-state index contributed by atoms with van der Waals surface area (Å²) in [6.07, 6.45) is 0. The number of methoxy groups -OCH3 is 1. The third kappa shape index (κ3) is 4.77. The molecule has 1 aromatic heterocycles. The molecule has 3 aromatic rings. The Kier molecular flexibility index (Phi) is 5.94. The summed E-state index contributed by atoms with van der Waals surface area (Å²) in [7, 11) is 3.17. The van der Waals surface area contributed by atoms with Crippen LogP contribution in [0.2, 0.25) is 5.02 Å². The summed E-state index contributed by atoms with van der Waals surface area (Å²) in [6, 6.07) is 12.9. The van der Waals surface area contributed by atoms with Gasteiger partial charge in [-0.15, -0.1) is 10.2 Å². The van der Waals surface area contributed by atoms with Crippen molar-refractivity contribution in [2.45, 2.75) is 32.7 Å². The number of benzene rings is 2. The number of hydrogen-bond donors (Lipinski definition) is 0. The van der Waals surface area contributed by atoms with Crippen LogP contribution >= 0.6 is 11.6 Å². The van der Waals surface area contributed by atoms with E-state index in [2.05, 4.69) is 43.1 Å². The third-order valence-electron chi connectivity index (χ3n) is 4.58. The normalized spacial score (nSPS) is 11.4. The van der Waals surface area contributed by atoms with Crippen LogP contribution in [0.4, 0.5) is 0 Å². The molecule has 0 saturated heterocycles. The topological polar surface area (TPSA) is 68.5 Å². The van der Waals surface area contributed by atoms with E-state index in [0.717, 1.165) is 5.56 Å². The van der Waals surface area contributed by atoms with Crippen LogP contribution in [-0.2, 0) is 12.0 Å². The van der Waals surface area contributed by atoms with Crippen molar-refractivity contribution in [1.29, 1.82) is 0 Å². The summed E-state index contributed by atoms with van der Waals surface area (Å²) >= 11 is 6.03. The van der Waals surface area contributed by atoms with Crippen LogP contribution in [0.15, 0.2) is 46.9 Å². The quantitative estimate of drug-likeness (QED) is 0.590. The molecule has 0 N–H and O–H groups in total. The molecule has 1 amide bonds. The summed E-state index contributed by atoms with van der Waals surface area (Å²) in [5.74, 6) is 0.966. The molecule has 0 atom stereocenters. The van der Waals surface area contributed by atoms with Crippen LogP contribution in [-0.4, -0.2) is 35.2 Å². The number of ether oxygens (including phenoxy) is 1. The molecule has 29 heavy (non-hydrogen) atoms. The smallest absolute Gasteiger partial charge is 0.257 e. The van der Waals surface area contributed by atoms with Crippen LogP contribution in [0.5, 0.6) is 5.75 Å². The van der Waals surface area contributed by atoms with Gasteiger partial charge in [-0.3, -0.25) is 4.79 Å². The van der Waals surface area contributed by atoms with Gasteiger partial charge in [-0.1, -0.05) is 44.5 Å². The fourth-order valence-corrected chi connectivity index (χ4v) is 3.05. The minimum Gasteiger partial charge on any atom is -0.496 e. The first-order valence-corrected chi connectivity index (χ1v) is 9.59. The molecular formula is C22H24ClN3O3. The maximum absolute atomic E-state index is 12.8. The molecule has 1 heterocycles. The van der Waals surface area contributed by atoms with Gasteiger partial charge in [0, 0.05) is 17.6 Å². The molecule has 7 heteroatoms. The van der Waals surface area contributed by atoms with Crippen molar-refractivity contribution in [3.05, 3.63) is 64.5 Å². The zero-order chi connectivity index (χ0) is 21.2. The van der Waals surface area contributed by atoms with Gasteiger partial charge >= 0.3 is 0 Å². The van der Waals surface area contributed by atoms with E-state index in [0.29, 0.717) is 28.1 Å². The zero-order valence-corrected chi connectivity index (χ0v) is 17.9. The second-order valence-electron chi connectivity index (χ2n) is 7.83. The van der Waals surface area contributed by atoms with E-state index in [-0.39, 0.29) is 17.9 Å². The Morgan fingerprint density at radius 1 is 1.14 bits per heavy atom. The number of carbonyl (C=O) groups is 1. The summed E-state index contributed by atoms with van der Waals surface area (Å²) in [5.41, 5.74) is 2.51. The molecule has 0 spiro atoms. The van der Waals surface area contributed by atoms with Crippen molar-refractivity contribution >= 4 is 17.5 Å². The van der Waals surface area contributed by atoms with Crippen molar-refractivity contribution in [1.82, 2.24) is 15.1 Å². The van der Waals surface area contributed by atoms with Gasteiger partial charge in [-0.25, -0.2) is 0 Å². The molecule has 3 rings (SSSR count). The highest BCUT2D eigenvalue weighted by molar-refractivity contribution is 6.31. The SMILES string of the molecule is COc1ccc(Cl)cc1C(=O)N(C)Cc1nnc(-c2ccc(C(C)(C)C)cc2)o1. The van der Waals surface area contributed by atoms with Gasteiger partial charge in [0.15, 0.2) is 0 Å². The molecule has 6 nitrogen and oxygen atoms in total. The number of rotatable bonds is 5. The first kappa shape index (κ1) is 20.9. The van der Waals surface area contributed by atoms with E-state index in [1.165, 1.54) is 17.6 Å². The molecule has 0 radical (unpaired) electrons. The molecule has 0 aliphatic rings. The van der Waals surface area contributed by atoms with E-state index in [1.54, 1.807) is 25.2 Å². The Hall–Kier alpha value is -2.86. The van der Waals surface area contributed by atoms with E-state index in [4.69, 9.17) is 20.8 Å². The van der Waals surface area contributed by atoms with Gasteiger partial charge in [0.05, 0.1) is 19.2 Å². The number of hydrogen-bond acceptors (Lipinski definition) is 5. The predicted molar refractivity (Wildman–Crippen MR) is 112 cm³/mol. The molecule has 152 valence electrons. The minimum absolute atomic E-state index is 0.0724. The highest BCUT2D eigenvalue weighted by atomic mass is 35.5. The van der Waals surface area contributed by atoms with Crippen molar-refractivity contribution in [3.63, 3.8) is 0 Å². The monoisotopic (exact) mass is 413 g/mol. The average Bonchev–Trinajstić information content (AvgIpc) is 3.15. The maximum Gasteiger partial charge on any atom is 0.257 e. The van der Waals surface area contributed by atoms with Crippen molar-refractivity contribution in [2.75, 3.05) is 14.2 Å². The lowest BCUT2D eigenvalue weighted by atomic mass is 9.87. The molecular weight excluding hydrogens is 390 g/mol. The lowest BCUT2D eigenvalue weighted by Crippen LogP contribution is -2.26. The Morgan fingerprint density at radius 2 is 1.83 bits per heavy atom. The summed E-state index contributed by atoms with van der Waals surface area (Å²) in [4.78, 5) is 14.3. The predicted octanol–water partition coefficient (Wildman–Crippen LogP) is 4.97. The largest absolute Gasteiger partial charge is 0.496 e. The maximum atomic E-state index is 12.8. The first-order valence-electron chi connectivity index (χ1n) is 9.21. The van der Waals surface area contributed by atoms with Crippen LogP contribution in [0.1, 0.15) is 42.6 Å². The Bertz CT molecular complexity index is 1010. The van der Waals surface area contributed by atoms with Crippen LogP contribution in [0.3, 0.4) is 0 Å². The number of carbonyl (C=O) groups excluding carboxylic acids is 1. The van der Waals surface area contributed by atoms with Gasteiger partial charge in [0.2, 0.25) is 11.8 Å². The highest BCUT2D eigenvalue weighted by Crippen LogP contribution is 2.27. The minimum atomic E-state index is -0.251. The van der Waals surface area contributed by atoms with Gasteiger partial charge in [-0.05, 0) is 41.3 Å². The van der Waals surface area contributed by atoms with Gasteiger partial charge in [-0.2, -0.15) is 0 Å². The number of nitrogens with zero attached hydrogens (tertiary/aromatic N) is 3. The van der Waals surface area contributed by atoms with Gasteiger partial charge < -0.3 is 14.1 Å². The van der Waals surface area contributed by atoms with Crippen LogP contribution in [0.25, 0.3) is 11.5 Å². The van der Waals surface area contributed by atoms with Crippen LogP contribution in [0, 0.1) is 0 Å². The summed E-state index contributed by atoms with van der Waals surface area (Å²) in [6.45, 7) is 6.65. The van der Waals surface area contributed by atoms with Crippen molar-refractivity contribution < 1.29 is 13.9 Å². The molecule has 0 aliphatic heterocycles. The Balaban J connectivity index is 1.74. The average molecular weight is 414 g/mol. The van der Waals surface area contributed by atoms with Gasteiger partial charge in [0.1, 0.15) is 5.75 Å².